The minimum Gasteiger partial charge on any atom is -0.296 e. The third-order valence-electron chi connectivity index (χ3n) is 2.44. The summed E-state index contributed by atoms with van der Waals surface area (Å²) in [6.07, 6.45) is 6.12. The fraction of sp³-hybridized carbons (Fsp3) is 0.0769. The highest BCUT2D eigenvalue weighted by molar-refractivity contribution is 7.19. The Labute approximate surface area is 114 Å². The summed E-state index contributed by atoms with van der Waals surface area (Å²) in [5.41, 5.74) is 2.08. The van der Waals surface area contributed by atoms with Crippen LogP contribution in [0.5, 0.6) is 0 Å². The molecule has 0 atom stereocenters. The van der Waals surface area contributed by atoms with Gasteiger partial charge < -0.3 is 0 Å². The van der Waals surface area contributed by atoms with Crippen LogP contribution < -0.4 is 0 Å². The Morgan fingerprint density at radius 2 is 2.28 bits per heavy atom. The number of carbonyl (C=O) groups excluding carboxylic acids is 1. The van der Waals surface area contributed by atoms with E-state index in [1.807, 2.05) is 24.3 Å². The molecule has 0 N–H and O–H groups in total. The topological polar surface area (TPSA) is 34.9 Å². The van der Waals surface area contributed by atoms with Gasteiger partial charge >= 0.3 is 0 Å². The van der Waals surface area contributed by atoms with Gasteiger partial charge in [-0.2, -0.15) is 5.10 Å². The van der Waals surface area contributed by atoms with Crippen LogP contribution in [0, 0.1) is 0 Å². The Kier molecular flexibility index (Phi) is 3.79. The highest BCUT2D eigenvalue weighted by Gasteiger charge is 2.17. The van der Waals surface area contributed by atoms with E-state index in [2.05, 4.69) is 11.7 Å². The Morgan fingerprint density at radius 1 is 1.50 bits per heavy atom. The Balaban J connectivity index is 2.65. The summed E-state index contributed by atoms with van der Waals surface area (Å²) >= 11 is 7.36. The van der Waals surface area contributed by atoms with Gasteiger partial charge in [-0.15, -0.1) is 11.3 Å². The van der Waals surface area contributed by atoms with E-state index >= 15 is 0 Å². The van der Waals surface area contributed by atoms with E-state index in [0.29, 0.717) is 10.0 Å². The van der Waals surface area contributed by atoms with Gasteiger partial charge in [0, 0.05) is 17.5 Å². The van der Waals surface area contributed by atoms with E-state index in [4.69, 9.17) is 11.6 Å². The Bertz CT molecular complexity index is 625. The van der Waals surface area contributed by atoms with Crippen LogP contribution in [0.15, 0.2) is 30.9 Å². The van der Waals surface area contributed by atoms with Crippen molar-refractivity contribution in [1.82, 2.24) is 9.78 Å². The van der Waals surface area contributed by atoms with Crippen molar-refractivity contribution in [2.75, 3.05) is 0 Å². The first-order chi connectivity index (χ1) is 8.67. The molecule has 3 nitrogen and oxygen atoms in total. The molecule has 0 fully saturated rings. The fourth-order valence-corrected chi connectivity index (χ4v) is 2.80. The standard InChI is InChI=1S/C13H11ClN2OS/c1-3-4-5-10-13(9(8-17)15-16(10)2)11-6-7-12(14)18-11/h3-8H,1H2,2H3/b5-4-. The van der Waals surface area contributed by atoms with Gasteiger partial charge in [0.1, 0.15) is 5.69 Å². The summed E-state index contributed by atoms with van der Waals surface area (Å²) in [5.74, 6) is 0. The van der Waals surface area contributed by atoms with E-state index < -0.39 is 0 Å². The second-order valence-electron chi connectivity index (χ2n) is 3.59. The second kappa shape index (κ2) is 5.33. The van der Waals surface area contributed by atoms with Crippen molar-refractivity contribution in [3.05, 3.63) is 46.6 Å². The van der Waals surface area contributed by atoms with Crippen LogP contribution in [-0.2, 0) is 7.05 Å². The van der Waals surface area contributed by atoms with Crippen molar-refractivity contribution in [1.29, 1.82) is 0 Å². The molecule has 0 aliphatic heterocycles. The van der Waals surface area contributed by atoms with Crippen LogP contribution >= 0.6 is 22.9 Å². The number of aryl methyl sites for hydroxylation is 1. The molecule has 0 spiro atoms. The lowest BCUT2D eigenvalue weighted by Crippen LogP contribution is -1.93. The molecule has 0 unspecified atom stereocenters. The summed E-state index contributed by atoms with van der Waals surface area (Å²) in [6, 6.07) is 3.70. The molecule has 5 heteroatoms. The first kappa shape index (κ1) is 12.8. The average Bonchev–Trinajstić information content (AvgIpc) is 2.90. The van der Waals surface area contributed by atoms with Crippen molar-refractivity contribution >= 4 is 35.3 Å². The number of rotatable bonds is 4. The zero-order valence-electron chi connectivity index (χ0n) is 9.76. The molecule has 2 heterocycles. The number of aromatic nitrogens is 2. The molecule has 0 saturated heterocycles. The zero-order valence-corrected chi connectivity index (χ0v) is 11.3. The molecular weight excluding hydrogens is 268 g/mol. The SMILES string of the molecule is C=C/C=C\c1c(-c2ccc(Cl)s2)c(C=O)nn1C. The summed E-state index contributed by atoms with van der Waals surface area (Å²) in [4.78, 5) is 12.0. The third kappa shape index (κ3) is 2.30. The quantitative estimate of drug-likeness (QED) is 0.629. The summed E-state index contributed by atoms with van der Waals surface area (Å²) < 4.78 is 2.36. The molecule has 18 heavy (non-hydrogen) atoms. The molecule has 0 aliphatic rings. The highest BCUT2D eigenvalue weighted by atomic mass is 35.5. The normalized spacial score (nSPS) is 11.0. The van der Waals surface area contributed by atoms with Gasteiger partial charge in [-0.25, -0.2) is 0 Å². The van der Waals surface area contributed by atoms with Gasteiger partial charge in [0.05, 0.1) is 10.0 Å². The number of nitrogens with zero attached hydrogens (tertiary/aromatic N) is 2. The van der Waals surface area contributed by atoms with Crippen LogP contribution in [-0.4, -0.2) is 16.1 Å². The third-order valence-corrected chi connectivity index (χ3v) is 3.69. The zero-order chi connectivity index (χ0) is 13.1. The maximum Gasteiger partial charge on any atom is 0.171 e. The molecule has 2 aromatic heterocycles. The number of aldehydes is 1. The molecule has 0 bridgehead atoms. The smallest absolute Gasteiger partial charge is 0.171 e. The van der Waals surface area contributed by atoms with E-state index in [9.17, 15) is 4.79 Å². The molecule has 2 aromatic rings. The van der Waals surface area contributed by atoms with E-state index in [-0.39, 0.29) is 0 Å². The summed E-state index contributed by atoms with van der Waals surface area (Å²) in [5, 5.41) is 4.19. The molecule has 2 rings (SSSR count). The molecule has 0 aromatic carbocycles. The van der Waals surface area contributed by atoms with Crippen molar-refractivity contribution in [2.45, 2.75) is 0 Å². The van der Waals surface area contributed by atoms with E-state index in [1.54, 1.807) is 17.8 Å². The average molecular weight is 279 g/mol. The predicted octanol–water partition coefficient (Wildman–Crippen LogP) is 3.81. The van der Waals surface area contributed by atoms with Gasteiger partial charge in [-0.1, -0.05) is 30.3 Å². The Hall–Kier alpha value is -1.65. The molecule has 0 aliphatic carbocycles. The van der Waals surface area contributed by atoms with Crippen LogP contribution in [0.25, 0.3) is 16.5 Å². The summed E-state index contributed by atoms with van der Waals surface area (Å²) in [6.45, 7) is 3.63. The lowest BCUT2D eigenvalue weighted by molar-refractivity contribution is 0.111. The van der Waals surface area contributed by atoms with Crippen molar-refractivity contribution < 1.29 is 4.79 Å². The predicted molar refractivity (Wildman–Crippen MR) is 76.1 cm³/mol. The van der Waals surface area contributed by atoms with Gasteiger partial charge in [-0.05, 0) is 18.2 Å². The maximum absolute atomic E-state index is 11.1. The van der Waals surface area contributed by atoms with Gasteiger partial charge in [-0.3, -0.25) is 9.48 Å². The van der Waals surface area contributed by atoms with Gasteiger partial charge in [0.15, 0.2) is 6.29 Å². The number of halogens is 1. The van der Waals surface area contributed by atoms with Crippen LogP contribution in [0.2, 0.25) is 4.34 Å². The lowest BCUT2D eigenvalue weighted by Gasteiger charge is -1.98. The fourth-order valence-electron chi connectivity index (χ4n) is 1.69. The lowest BCUT2D eigenvalue weighted by atomic mass is 10.1. The van der Waals surface area contributed by atoms with Crippen molar-refractivity contribution in [2.24, 2.45) is 7.05 Å². The minimum absolute atomic E-state index is 0.416. The van der Waals surface area contributed by atoms with Gasteiger partial charge in [0.25, 0.3) is 0 Å². The van der Waals surface area contributed by atoms with Crippen LogP contribution in [0.3, 0.4) is 0 Å². The minimum atomic E-state index is 0.416. The Morgan fingerprint density at radius 3 is 2.83 bits per heavy atom. The largest absolute Gasteiger partial charge is 0.296 e. The number of thiophene rings is 1. The van der Waals surface area contributed by atoms with Crippen molar-refractivity contribution in [3.8, 4) is 10.4 Å². The highest BCUT2D eigenvalue weighted by Crippen LogP contribution is 2.35. The number of hydrogen-bond donors (Lipinski definition) is 0. The second-order valence-corrected chi connectivity index (χ2v) is 5.30. The van der Waals surface area contributed by atoms with E-state index in [1.165, 1.54) is 11.3 Å². The van der Waals surface area contributed by atoms with Crippen molar-refractivity contribution in [3.63, 3.8) is 0 Å². The molecule has 92 valence electrons. The molecule has 0 saturated carbocycles. The van der Waals surface area contributed by atoms with Crippen LogP contribution in [0.1, 0.15) is 16.2 Å². The molecular formula is C13H11ClN2OS. The first-order valence-electron chi connectivity index (χ1n) is 5.24. The first-order valence-corrected chi connectivity index (χ1v) is 6.43. The maximum atomic E-state index is 11.1. The number of allylic oxidation sites excluding steroid dienone is 2. The number of hydrogen-bond acceptors (Lipinski definition) is 3. The van der Waals surface area contributed by atoms with Gasteiger partial charge in [0.2, 0.25) is 0 Å². The van der Waals surface area contributed by atoms with Crippen LogP contribution in [0.4, 0.5) is 0 Å². The molecule has 0 radical (unpaired) electrons. The van der Waals surface area contributed by atoms with E-state index in [0.717, 1.165) is 22.4 Å². The molecule has 0 amide bonds. The number of carbonyl (C=O) groups is 1. The monoisotopic (exact) mass is 278 g/mol. The summed E-state index contributed by atoms with van der Waals surface area (Å²) in [7, 11) is 1.80.